The van der Waals surface area contributed by atoms with Crippen molar-refractivity contribution in [1.29, 1.82) is 0 Å². The van der Waals surface area contributed by atoms with Gasteiger partial charge in [0.2, 0.25) is 5.91 Å². The minimum atomic E-state index is -0.707. The lowest BCUT2D eigenvalue weighted by Gasteiger charge is -2.17. The van der Waals surface area contributed by atoms with Crippen molar-refractivity contribution in [3.8, 4) is 0 Å². The highest BCUT2D eigenvalue weighted by Gasteiger charge is 2.36. The molecule has 3 N–H and O–H groups in total. The molecule has 0 unspecified atom stereocenters. The number of nitrogen functional groups attached to an aromatic ring is 1. The molecule has 5 rings (SSSR count). The van der Waals surface area contributed by atoms with Crippen LogP contribution < -0.4 is 5.73 Å². The Bertz CT molecular complexity index is 1200. The lowest BCUT2D eigenvalue weighted by molar-refractivity contribution is -0.130. The maximum Gasteiger partial charge on any atom is 0.224 e. The van der Waals surface area contributed by atoms with Crippen molar-refractivity contribution in [2.24, 2.45) is 0 Å². The van der Waals surface area contributed by atoms with Crippen LogP contribution in [0.15, 0.2) is 43.2 Å². The number of hydrogen-bond acceptors (Lipinski definition) is 7. The summed E-state index contributed by atoms with van der Waals surface area (Å²) >= 11 is 0. The van der Waals surface area contributed by atoms with E-state index in [0.29, 0.717) is 36.5 Å². The highest BCUT2D eigenvalue weighted by molar-refractivity contribution is 5.81. The average molecular weight is 392 g/mol. The fourth-order valence-corrected chi connectivity index (χ4v) is 3.92. The van der Waals surface area contributed by atoms with Gasteiger partial charge in [-0.2, -0.15) is 0 Å². The minimum absolute atomic E-state index is 0.0112. The molecular weight excluding hydrogens is 372 g/mol. The van der Waals surface area contributed by atoms with Crippen LogP contribution in [0.4, 0.5) is 5.82 Å². The molecule has 1 saturated heterocycles. The summed E-state index contributed by atoms with van der Waals surface area (Å²) in [6, 6.07) is 7.50. The monoisotopic (exact) mass is 392 g/mol. The van der Waals surface area contributed by atoms with Crippen LogP contribution >= 0.6 is 0 Å². The number of likely N-dealkylation sites (tertiary alicyclic amines) is 1. The Hall–Kier alpha value is -3.53. The van der Waals surface area contributed by atoms with Crippen LogP contribution in [-0.2, 0) is 11.3 Å². The smallest absolute Gasteiger partial charge is 0.224 e. The number of carbonyl (C=O) groups is 1. The molecule has 10 heteroatoms. The van der Waals surface area contributed by atoms with Gasteiger partial charge in [-0.15, -0.1) is 0 Å². The lowest BCUT2D eigenvalue weighted by Crippen LogP contribution is -2.30. The van der Waals surface area contributed by atoms with Crippen molar-refractivity contribution in [1.82, 2.24) is 34.0 Å². The molecule has 1 aliphatic rings. The van der Waals surface area contributed by atoms with Crippen molar-refractivity contribution in [2.75, 3.05) is 18.8 Å². The first-order valence-corrected chi connectivity index (χ1v) is 9.40. The molecule has 0 radical (unpaired) electrons. The summed E-state index contributed by atoms with van der Waals surface area (Å²) in [5.41, 5.74) is 8.80. The number of β-amino-alcohol motifs (C(OH)–C–C–N with tert-alkyl or cyclic N) is 1. The van der Waals surface area contributed by atoms with Crippen molar-refractivity contribution >= 4 is 33.9 Å². The van der Waals surface area contributed by atoms with Crippen LogP contribution in [0.3, 0.4) is 0 Å². The Morgan fingerprint density at radius 1 is 1.14 bits per heavy atom. The van der Waals surface area contributed by atoms with E-state index in [1.54, 1.807) is 22.1 Å². The number of para-hydroxylation sites is 2. The molecule has 4 aromatic rings. The van der Waals surface area contributed by atoms with Gasteiger partial charge < -0.3 is 24.9 Å². The standard InChI is InChI=1S/C19H20N8O2/c20-18-17-19(22-9-21-18)27(11-24-17)14-7-26(8-15(14)28)16(29)5-6-25-10-23-12-3-1-2-4-13(12)25/h1-4,9-11,14-15,28H,5-8H2,(H2,20,21,22)/t14-,15-/m1/s1. The second-order valence-corrected chi connectivity index (χ2v) is 7.19. The first-order valence-electron chi connectivity index (χ1n) is 9.40. The van der Waals surface area contributed by atoms with Gasteiger partial charge in [0, 0.05) is 26.1 Å². The molecule has 3 aromatic heterocycles. The maximum atomic E-state index is 12.8. The quantitative estimate of drug-likeness (QED) is 0.520. The summed E-state index contributed by atoms with van der Waals surface area (Å²) < 4.78 is 3.75. The van der Waals surface area contributed by atoms with E-state index in [1.165, 1.54) is 6.33 Å². The van der Waals surface area contributed by atoms with Gasteiger partial charge in [-0.1, -0.05) is 12.1 Å². The normalized spacial score (nSPS) is 19.4. The molecule has 148 valence electrons. The molecule has 4 heterocycles. The van der Waals surface area contributed by atoms with Crippen LogP contribution in [-0.4, -0.2) is 64.2 Å². The maximum absolute atomic E-state index is 12.8. The number of fused-ring (bicyclic) bond motifs is 2. The summed E-state index contributed by atoms with van der Waals surface area (Å²) in [7, 11) is 0. The van der Waals surface area contributed by atoms with Crippen LogP contribution in [0.5, 0.6) is 0 Å². The predicted octanol–water partition coefficient (Wildman–Crippen LogP) is 0.593. The second kappa shape index (κ2) is 6.82. The largest absolute Gasteiger partial charge is 0.389 e. The van der Waals surface area contributed by atoms with E-state index >= 15 is 0 Å². The molecule has 1 aliphatic heterocycles. The van der Waals surface area contributed by atoms with E-state index in [4.69, 9.17) is 5.73 Å². The molecular formula is C19H20N8O2. The Labute approximate surface area is 165 Å². The fraction of sp³-hybridized carbons (Fsp3) is 0.316. The van der Waals surface area contributed by atoms with Gasteiger partial charge in [0.05, 0.1) is 35.8 Å². The number of aromatic nitrogens is 6. The third-order valence-corrected chi connectivity index (χ3v) is 5.45. The summed E-state index contributed by atoms with van der Waals surface area (Å²) in [5, 5.41) is 10.6. The van der Waals surface area contributed by atoms with E-state index in [0.717, 1.165) is 11.0 Å². The van der Waals surface area contributed by atoms with Gasteiger partial charge in [0.25, 0.3) is 0 Å². The van der Waals surface area contributed by atoms with Crippen LogP contribution in [0.25, 0.3) is 22.2 Å². The van der Waals surface area contributed by atoms with Crippen molar-refractivity contribution in [3.05, 3.63) is 43.2 Å². The molecule has 1 fully saturated rings. The molecule has 0 spiro atoms. The number of aliphatic hydroxyl groups is 1. The molecule has 29 heavy (non-hydrogen) atoms. The van der Waals surface area contributed by atoms with Gasteiger partial charge in [-0.3, -0.25) is 4.79 Å². The summed E-state index contributed by atoms with van der Waals surface area (Å²) in [4.78, 5) is 31.2. The Kier molecular flexibility index (Phi) is 4.13. The molecule has 2 atom stereocenters. The number of aryl methyl sites for hydroxylation is 1. The molecule has 0 saturated carbocycles. The molecule has 10 nitrogen and oxygen atoms in total. The number of imidazole rings is 2. The van der Waals surface area contributed by atoms with Gasteiger partial charge in [-0.25, -0.2) is 19.9 Å². The number of nitrogens with two attached hydrogens (primary N) is 1. The van der Waals surface area contributed by atoms with Crippen LogP contribution in [0.1, 0.15) is 12.5 Å². The zero-order chi connectivity index (χ0) is 20.0. The van der Waals surface area contributed by atoms with Crippen molar-refractivity contribution in [2.45, 2.75) is 25.1 Å². The Balaban J connectivity index is 1.30. The SMILES string of the molecule is Nc1ncnc2c1ncn2[C@@H]1CN(C(=O)CCn2cnc3ccccc32)C[C@H]1O. The van der Waals surface area contributed by atoms with Crippen LogP contribution in [0, 0.1) is 0 Å². The van der Waals surface area contributed by atoms with Gasteiger partial charge in [0.1, 0.15) is 11.8 Å². The van der Waals surface area contributed by atoms with E-state index in [9.17, 15) is 9.90 Å². The molecule has 1 amide bonds. The number of nitrogens with zero attached hydrogens (tertiary/aromatic N) is 7. The van der Waals surface area contributed by atoms with E-state index < -0.39 is 6.10 Å². The fourth-order valence-electron chi connectivity index (χ4n) is 3.92. The number of amides is 1. The predicted molar refractivity (Wildman–Crippen MR) is 106 cm³/mol. The first-order chi connectivity index (χ1) is 14.1. The van der Waals surface area contributed by atoms with E-state index in [1.807, 2.05) is 28.8 Å². The zero-order valence-corrected chi connectivity index (χ0v) is 15.6. The summed E-state index contributed by atoms with van der Waals surface area (Å²) in [6.07, 6.45) is 4.34. The number of carbonyl (C=O) groups excluding carboxylic acids is 1. The third kappa shape index (κ3) is 2.97. The minimum Gasteiger partial charge on any atom is -0.389 e. The molecule has 0 aliphatic carbocycles. The topological polar surface area (TPSA) is 128 Å². The summed E-state index contributed by atoms with van der Waals surface area (Å²) in [6.45, 7) is 1.20. The number of anilines is 1. The molecule has 1 aromatic carbocycles. The zero-order valence-electron chi connectivity index (χ0n) is 15.6. The number of rotatable bonds is 4. The van der Waals surface area contributed by atoms with Crippen molar-refractivity contribution < 1.29 is 9.90 Å². The second-order valence-electron chi connectivity index (χ2n) is 7.19. The molecule has 0 bridgehead atoms. The summed E-state index contributed by atoms with van der Waals surface area (Å²) in [5.74, 6) is 0.282. The van der Waals surface area contributed by atoms with Gasteiger partial charge in [0.15, 0.2) is 11.5 Å². The van der Waals surface area contributed by atoms with Crippen molar-refractivity contribution in [3.63, 3.8) is 0 Å². The van der Waals surface area contributed by atoms with Gasteiger partial charge in [-0.05, 0) is 12.1 Å². The number of hydrogen-bond donors (Lipinski definition) is 2. The van der Waals surface area contributed by atoms with Crippen LogP contribution in [0.2, 0.25) is 0 Å². The van der Waals surface area contributed by atoms with E-state index in [-0.39, 0.29) is 18.5 Å². The average Bonchev–Trinajstić information content (AvgIpc) is 3.43. The Morgan fingerprint density at radius 3 is 2.90 bits per heavy atom. The number of benzene rings is 1. The first kappa shape index (κ1) is 17.6. The van der Waals surface area contributed by atoms with E-state index in [2.05, 4.69) is 19.9 Å². The lowest BCUT2D eigenvalue weighted by atomic mass is 10.2. The third-order valence-electron chi connectivity index (χ3n) is 5.45. The highest BCUT2D eigenvalue weighted by Crippen LogP contribution is 2.27. The highest BCUT2D eigenvalue weighted by atomic mass is 16.3. The number of aliphatic hydroxyl groups excluding tert-OH is 1. The van der Waals surface area contributed by atoms with Gasteiger partial charge >= 0.3 is 0 Å². The Morgan fingerprint density at radius 2 is 2.00 bits per heavy atom.